The topological polar surface area (TPSA) is 0 Å². The van der Waals surface area contributed by atoms with Crippen molar-refractivity contribution < 1.29 is 40.4 Å². The molecule has 0 aromatic carbocycles. The molecule has 19 heavy (non-hydrogen) atoms. The average molecular weight is 390 g/mol. The third-order valence-corrected chi connectivity index (χ3v) is 3.70. The van der Waals surface area contributed by atoms with Gasteiger partial charge in [0.2, 0.25) is 0 Å². The second kappa shape index (κ2) is 11.0. The first-order chi connectivity index (χ1) is 8.55. The molecule has 101 valence electrons. The van der Waals surface area contributed by atoms with Crippen LogP contribution < -0.4 is 0 Å². The van der Waals surface area contributed by atoms with E-state index in [2.05, 4.69) is 34.6 Å². The van der Waals surface area contributed by atoms with Crippen LogP contribution in [-0.2, 0) is 0 Å². The van der Waals surface area contributed by atoms with E-state index in [1.165, 1.54) is 29.6 Å². The van der Waals surface area contributed by atoms with E-state index in [0.717, 1.165) is 0 Å². The molecule has 0 amide bonds. The molecule has 2 aliphatic rings. The molecule has 0 aliphatic heterocycles. The molecule has 0 bridgehead atoms. The minimum absolute atomic E-state index is 0. The van der Waals surface area contributed by atoms with Crippen molar-refractivity contribution in [3.8, 4) is 0 Å². The van der Waals surface area contributed by atoms with Crippen LogP contribution in [0.5, 0.6) is 0 Å². The van der Waals surface area contributed by atoms with Gasteiger partial charge in [-0.05, 0) is 81.0 Å². The van der Waals surface area contributed by atoms with Crippen LogP contribution in [0.25, 0.3) is 0 Å². The smallest absolute Gasteiger partial charge is 0 e. The Morgan fingerprint density at radius 1 is 0.368 bits per heavy atom. The first-order valence-corrected chi connectivity index (χ1v) is 6.42. The zero-order chi connectivity index (χ0) is 13.5. The minimum Gasteiger partial charge on any atom is -0.0579 e. The number of hydrogen-bond acceptors (Lipinski definition) is 0. The van der Waals surface area contributed by atoms with Crippen molar-refractivity contribution in [3.63, 3.8) is 0 Å². The number of rotatable bonds is 0. The first-order valence-electron chi connectivity index (χ1n) is 6.42. The molecule has 0 nitrogen and oxygen atoms in total. The van der Waals surface area contributed by atoms with E-state index in [-0.39, 0.29) is 40.4 Å². The van der Waals surface area contributed by atoms with Crippen molar-refractivity contribution in [2.45, 2.75) is 34.6 Å². The summed E-state index contributed by atoms with van der Waals surface area (Å²) in [5.41, 5.74) is 0. The first kappa shape index (κ1) is 20.3. The van der Waals surface area contributed by atoms with Crippen LogP contribution in [0.2, 0.25) is 0 Å². The maximum absolute atomic E-state index is 2.20. The summed E-state index contributed by atoms with van der Waals surface area (Å²) < 4.78 is 0. The normalized spacial score (nSPS) is 25.1. The Balaban J connectivity index is 0.000000331. The third-order valence-electron chi connectivity index (χ3n) is 3.70. The van der Waals surface area contributed by atoms with E-state index in [4.69, 9.17) is 0 Å². The number of hydrogen-bond donors (Lipinski definition) is 0. The quantitative estimate of drug-likeness (QED) is 0.568. The largest absolute Gasteiger partial charge is 0.0579 e. The molecule has 2 saturated carbocycles. The van der Waals surface area contributed by atoms with Crippen LogP contribution >= 0.6 is 0 Å². The Labute approximate surface area is 155 Å². The van der Waals surface area contributed by atoms with Crippen LogP contribution in [0.15, 0.2) is 0 Å². The Kier molecular flexibility index (Phi) is 11.8. The zero-order valence-corrected chi connectivity index (χ0v) is 15.1. The Hall–Kier alpha value is 1.34. The molecule has 0 saturated heterocycles. The van der Waals surface area contributed by atoms with Gasteiger partial charge in [0.15, 0.2) is 0 Å². The van der Waals surface area contributed by atoms with E-state index >= 15 is 0 Å². The summed E-state index contributed by atoms with van der Waals surface area (Å²) in [5.74, 6) is 7.34. The fourth-order valence-corrected chi connectivity index (χ4v) is 1.92. The monoisotopic (exact) mass is 391 g/mol. The molecule has 0 N–H and O–H groups in total. The summed E-state index contributed by atoms with van der Waals surface area (Å²) in [5, 5.41) is 0. The maximum Gasteiger partial charge on any atom is 0 e. The van der Waals surface area contributed by atoms with Gasteiger partial charge >= 0.3 is 0 Å². The van der Waals surface area contributed by atoms with Gasteiger partial charge in [-0.15, -0.1) is 0 Å². The van der Waals surface area contributed by atoms with Gasteiger partial charge in [-0.3, -0.25) is 0 Å². The molecule has 0 unspecified atom stereocenters. The van der Waals surface area contributed by atoms with Crippen molar-refractivity contribution in [1.82, 2.24) is 0 Å². The van der Waals surface area contributed by atoms with Gasteiger partial charge in [0.1, 0.15) is 0 Å². The molecule has 0 spiro atoms. The molecule has 2 aliphatic carbocycles. The van der Waals surface area contributed by atoms with E-state index in [1.807, 2.05) is 51.4 Å². The van der Waals surface area contributed by atoms with Crippen LogP contribution in [0, 0.1) is 121 Å². The Morgan fingerprint density at radius 2 is 0.474 bits per heavy atom. The molecule has 0 aromatic heterocycles. The van der Waals surface area contributed by atoms with Gasteiger partial charge in [0, 0.05) is 40.4 Å². The van der Waals surface area contributed by atoms with Crippen LogP contribution in [0.3, 0.4) is 0 Å². The summed E-state index contributed by atoms with van der Waals surface area (Å²) >= 11 is 0. The summed E-state index contributed by atoms with van der Waals surface area (Å²) in [6, 6.07) is 0. The summed E-state index contributed by atoms with van der Waals surface area (Å²) in [7, 11) is 0. The van der Waals surface area contributed by atoms with Gasteiger partial charge in [-0.1, -0.05) is 34.6 Å². The fraction of sp³-hybridized carbons (Fsp3) is 0.278. The van der Waals surface area contributed by atoms with Gasteiger partial charge < -0.3 is 0 Å². The Morgan fingerprint density at radius 3 is 0.579 bits per heavy atom. The third kappa shape index (κ3) is 6.75. The summed E-state index contributed by atoms with van der Waals surface area (Å²) in [6.45, 7) is 11.0. The molecular weight excluding hydrogens is 367 g/mol. The molecule has 0 atom stereocenters. The van der Waals surface area contributed by atoms with Gasteiger partial charge in [-0.25, -0.2) is 0 Å². The Bertz CT molecular complexity index is 145. The van der Waals surface area contributed by atoms with Crippen molar-refractivity contribution >= 4 is 0 Å². The predicted octanol–water partition coefficient (Wildman–Crippen LogP) is 4.61. The summed E-state index contributed by atoms with van der Waals surface area (Å²) in [6.07, 6.45) is 16.0. The van der Waals surface area contributed by atoms with Crippen LogP contribution in [0.4, 0.5) is 0 Å². The molecule has 1 heteroatoms. The van der Waals surface area contributed by atoms with E-state index in [0.29, 0.717) is 0 Å². The summed E-state index contributed by atoms with van der Waals surface area (Å²) in [4.78, 5) is 0. The van der Waals surface area contributed by atoms with Gasteiger partial charge in [-0.2, -0.15) is 0 Å². The van der Waals surface area contributed by atoms with Crippen LogP contribution in [-0.4, -0.2) is 0 Å². The van der Waals surface area contributed by atoms with Crippen molar-refractivity contribution in [3.05, 3.63) is 81.0 Å². The maximum atomic E-state index is 2.20. The SMILES string of the molecule is C[C]1[C](C)[C](C)[C](C)[C]1C.[CH]1[CH][CH][CH][CH][CH][CH][CH]1.[Sm]. The molecule has 2 fully saturated rings. The predicted molar refractivity (Wildman–Crippen MR) is 79.0 cm³/mol. The fourth-order valence-electron chi connectivity index (χ4n) is 1.92. The van der Waals surface area contributed by atoms with Crippen molar-refractivity contribution in [1.29, 1.82) is 0 Å². The van der Waals surface area contributed by atoms with Gasteiger partial charge in [0.25, 0.3) is 0 Å². The van der Waals surface area contributed by atoms with Crippen LogP contribution in [0.1, 0.15) is 34.6 Å². The molecule has 2 rings (SSSR count). The van der Waals surface area contributed by atoms with Crippen molar-refractivity contribution in [2.75, 3.05) is 0 Å². The molecular formula is C18H23Sm. The van der Waals surface area contributed by atoms with E-state index < -0.39 is 0 Å². The van der Waals surface area contributed by atoms with E-state index in [1.54, 1.807) is 0 Å². The standard InChI is InChI=1S/C10H15.C8H8.Sm/c1-6-7(2)9(4)10(5)8(6)3;1-2-4-6-8-7-5-3-1;/h1-5H3;1-8H;. The minimum atomic E-state index is 0. The molecule has 13 radical (unpaired) electrons. The van der Waals surface area contributed by atoms with E-state index in [9.17, 15) is 0 Å². The van der Waals surface area contributed by atoms with Crippen molar-refractivity contribution in [2.24, 2.45) is 0 Å². The second-order valence-corrected chi connectivity index (χ2v) is 4.66. The molecule has 0 heterocycles. The molecule has 0 aromatic rings. The zero-order valence-electron chi connectivity index (χ0n) is 12.5. The van der Waals surface area contributed by atoms with Gasteiger partial charge in [0.05, 0.1) is 0 Å². The second-order valence-electron chi connectivity index (χ2n) is 4.66. The average Bonchev–Trinajstić information content (AvgIpc) is 2.48.